The second-order valence-corrected chi connectivity index (χ2v) is 4.26. The number of carbonyl (C=O) groups is 1. The van der Waals surface area contributed by atoms with Crippen LogP contribution >= 0.6 is 0 Å². The number of carboxylic acid groups (broad SMARTS) is 1. The molecule has 0 aliphatic carbocycles. The van der Waals surface area contributed by atoms with Crippen LogP contribution in [-0.4, -0.2) is 11.1 Å². The van der Waals surface area contributed by atoms with Gasteiger partial charge >= 0.3 is 5.97 Å². The molecule has 1 N–H and O–H groups in total. The van der Waals surface area contributed by atoms with E-state index in [0.717, 1.165) is 36.3 Å². The van der Waals surface area contributed by atoms with Crippen LogP contribution in [0.3, 0.4) is 0 Å². The van der Waals surface area contributed by atoms with Crippen LogP contribution in [0, 0.1) is 0 Å². The molecule has 0 aliphatic heterocycles. The third-order valence-corrected chi connectivity index (χ3v) is 2.83. The van der Waals surface area contributed by atoms with Crippen molar-refractivity contribution < 1.29 is 14.3 Å². The number of aromatic carboxylic acids is 1. The lowest BCUT2D eigenvalue weighted by Gasteiger charge is -1.99. The molecule has 1 aromatic heterocycles. The van der Waals surface area contributed by atoms with Gasteiger partial charge in [-0.2, -0.15) is 0 Å². The van der Waals surface area contributed by atoms with Gasteiger partial charge in [-0.25, -0.2) is 4.79 Å². The highest BCUT2D eigenvalue weighted by Crippen LogP contribution is 2.24. The molecule has 0 aliphatic rings. The molecule has 0 bridgehead atoms. The van der Waals surface area contributed by atoms with Crippen LogP contribution < -0.4 is 0 Å². The van der Waals surface area contributed by atoms with Gasteiger partial charge in [0.1, 0.15) is 11.5 Å². The Morgan fingerprint density at radius 3 is 2.83 bits per heavy atom. The minimum Gasteiger partial charge on any atom is -0.478 e. The smallest absolute Gasteiger partial charge is 0.335 e. The Morgan fingerprint density at radius 1 is 1.28 bits per heavy atom. The van der Waals surface area contributed by atoms with Gasteiger partial charge < -0.3 is 9.52 Å². The van der Waals surface area contributed by atoms with Crippen LogP contribution in [0.15, 0.2) is 40.8 Å². The lowest BCUT2D eigenvalue weighted by molar-refractivity contribution is 0.0697. The average Bonchev–Trinajstić information content (AvgIpc) is 2.85. The molecule has 2 aromatic rings. The molecular weight excluding hydrogens is 228 g/mol. The summed E-state index contributed by atoms with van der Waals surface area (Å²) < 4.78 is 5.71. The molecule has 3 heteroatoms. The minimum atomic E-state index is -0.922. The van der Waals surface area contributed by atoms with Gasteiger partial charge in [0.05, 0.1) is 5.56 Å². The first-order valence-corrected chi connectivity index (χ1v) is 6.13. The summed E-state index contributed by atoms with van der Waals surface area (Å²) in [4.78, 5) is 10.9. The zero-order valence-electron chi connectivity index (χ0n) is 10.3. The molecule has 0 fully saturated rings. The Morgan fingerprint density at radius 2 is 2.11 bits per heavy atom. The number of furan rings is 1. The second kappa shape index (κ2) is 5.54. The molecule has 94 valence electrons. The van der Waals surface area contributed by atoms with E-state index < -0.39 is 5.97 Å². The van der Waals surface area contributed by atoms with Gasteiger partial charge in [-0.3, -0.25) is 0 Å². The van der Waals surface area contributed by atoms with E-state index in [9.17, 15) is 4.79 Å². The first-order chi connectivity index (χ1) is 8.70. The van der Waals surface area contributed by atoms with E-state index in [1.54, 1.807) is 18.2 Å². The van der Waals surface area contributed by atoms with Crippen LogP contribution in [0.1, 0.15) is 35.9 Å². The Kier molecular flexibility index (Phi) is 3.82. The predicted molar refractivity (Wildman–Crippen MR) is 69.7 cm³/mol. The number of carboxylic acids is 1. The van der Waals surface area contributed by atoms with Gasteiger partial charge in [0.2, 0.25) is 0 Å². The Balaban J connectivity index is 2.23. The molecule has 0 unspecified atom stereocenters. The molecule has 18 heavy (non-hydrogen) atoms. The van der Waals surface area contributed by atoms with Crippen molar-refractivity contribution >= 4 is 5.97 Å². The van der Waals surface area contributed by atoms with Crippen LogP contribution in [-0.2, 0) is 6.42 Å². The van der Waals surface area contributed by atoms with Gasteiger partial charge in [-0.05, 0) is 30.7 Å². The lowest BCUT2D eigenvalue weighted by atomic mass is 10.1. The van der Waals surface area contributed by atoms with Crippen LogP contribution in [0.2, 0.25) is 0 Å². The zero-order chi connectivity index (χ0) is 13.0. The maximum absolute atomic E-state index is 10.9. The van der Waals surface area contributed by atoms with Crippen molar-refractivity contribution in [2.75, 3.05) is 0 Å². The topological polar surface area (TPSA) is 50.4 Å². The summed E-state index contributed by atoms with van der Waals surface area (Å²) in [6.07, 6.45) is 3.15. The highest BCUT2D eigenvalue weighted by Gasteiger charge is 2.08. The molecule has 1 aromatic carbocycles. The van der Waals surface area contributed by atoms with Gasteiger partial charge in [0, 0.05) is 12.0 Å². The quantitative estimate of drug-likeness (QED) is 0.865. The second-order valence-electron chi connectivity index (χ2n) is 4.26. The Labute approximate surface area is 106 Å². The van der Waals surface area contributed by atoms with Crippen LogP contribution in [0.25, 0.3) is 11.3 Å². The molecule has 0 saturated carbocycles. The van der Waals surface area contributed by atoms with E-state index >= 15 is 0 Å². The van der Waals surface area contributed by atoms with Crippen molar-refractivity contribution in [3.63, 3.8) is 0 Å². The van der Waals surface area contributed by atoms with Gasteiger partial charge in [-0.1, -0.05) is 25.5 Å². The standard InChI is InChI=1S/C15H16O3/c1-2-3-7-13-8-9-14(18-13)11-5-4-6-12(10-11)15(16)17/h4-6,8-10H,2-3,7H2,1H3,(H,16,17). The molecule has 2 rings (SSSR count). The average molecular weight is 244 g/mol. The summed E-state index contributed by atoms with van der Waals surface area (Å²) >= 11 is 0. The van der Waals surface area contributed by atoms with Crippen molar-refractivity contribution in [3.05, 3.63) is 47.7 Å². The summed E-state index contributed by atoms with van der Waals surface area (Å²) in [6.45, 7) is 2.14. The highest BCUT2D eigenvalue weighted by molar-refractivity contribution is 5.89. The first kappa shape index (κ1) is 12.4. The molecular formula is C15H16O3. The maximum atomic E-state index is 10.9. The van der Waals surface area contributed by atoms with Crippen LogP contribution in [0.5, 0.6) is 0 Å². The third-order valence-electron chi connectivity index (χ3n) is 2.83. The fourth-order valence-corrected chi connectivity index (χ4v) is 1.82. The summed E-state index contributed by atoms with van der Waals surface area (Å²) in [5, 5.41) is 8.95. The van der Waals surface area contributed by atoms with Crippen LogP contribution in [0.4, 0.5) is 0 Å². The number of benzene rings is 1. The van der Waals surface area contributed by atoms with Gasteiger partial charge in [-0.15, -0.1) is 0 Å². The summed E-state index contributed by atoms with van der Waals surface area (Å²) in [5.41, 5.74) is 1.08. The molecule has 0 amide bonds. The summed E-state index contributed by atoms with van der Waals surface area (Å²) in [5.74, 6) is 0.756. The van der Waals surface area contributed by atoms with E-state index in [0.29, 0.717) is 0 Å². The Bertz CT molecular complexity index is 540. The highest BCUT2D eigenvalue weighted by atomic mass is 16.4. The number of rotatable bonds is 5. The zero-order valence-corrected chi connectivity index (χ0v) is 10.3. The summed E-state index contributed by atoms with van der Waals surface area (Å²) in [6, 6.07) is 10.6. The van der Waals surface area contributed by atoms with Crippen molar-refractivity contribution in [2.24, 2.45) is 0 Å². The summed E-state index contributed by atoms with van der Waals surface area (Å²) in [7, 11) is 0. The van der Waals surface area contributed by atoms with E-state index in [1.807, 2.05) is 18.2 Å². The maximum Gasteiger partial charge on any atom is 0.335 e. The predicted octanol–water partition coefficient (Wildman–Crippen LogP) is 3.99. The SMILES string of the molecule is CCCCc1ccc(-c2cccc(C(=O)O)c2)o1. The van der Waals surface area contributed by atoms with Crippen molar-refractivity contribution in [2.45, 2.75) is 26.2 Å². The first-order valence-electron chi connectivity index (χ1n) is 6.13. The minimum absolute atomic E-state index is 0.277. The normalized spacial score (nSPS) is 10.5. The Hall–Kier alpha value is -2.03. The number of unbranched alkanes of at least 4 members (excludes halogenated alkanes) is 1. The van der Waals surface area contributed by atoms with Gasteiger partial charge in [0.15, 0.2) is 0 Å². The van der Waals surface area contributed by atoms with Crippen molar-refractivity contribution in [3.8, 4) is 11.3 Å². The number of hydrogen-bond acceptors (Lipinski definition) is 2. The van der Waals surface area contributed by atoms with E-state index in [-0.39, 0.29) is 5.56 Å². The molecule has 0 radical (unpaired) electrons. The van der Waals surface area contributed by atoms with Gasteiger partial charge in [0.25, 0.3) is 0 Å². The lowest BCUT2D eigenvalue weighted by Crippen LogP contribution is -1.95. The largest absolute Gasteiger partial charge is 0.478 e. The monoisotopic (exact) mass is 244 g/mol. The van der Waals surface area contributed by atoms with E-state index in [4.69, 9.17) is 9.52 Å². The fraction of sp³-hybridized carbons (Fsp3) is 0.267. The number of hydrogen-bond donors (Lipinski definition) is 1. The third kappa shape index (κ3) is 2.80. The van der Waals surface area contributed by atoms with Crippen molar-refractivity contribution in [1.82, 2.24) is 0 Å². The molecule has 0 atom stereocenters. The molecule has 0 saturated heterocycles. The molecule has 0 spiro atoms. The molecule has 1 heterocycles. The van der Waals surface area contributed by atoms with E-state index in [2.05, 4.69) is 6.92 Å². The van der Waals surface area contributed by atoms with E-state index in [1.165, 1.54) is 0 Å². The van der Waals surface area contributed by atoms with Crippen molar-refractivity contribution in [1.29, 1.82) is 0 Å². The fourth-order valence-electron chi connectivity index (χ4n) is 1.82. The number of aryl methyl sites for hydroxylation is 1. The molecule has 3 nitrogen and oxygen atoms in total.